The van der Waals surface area contributed by atoms with Gasteiger partial charge in [0.25, 0.3) is 0 Å². The Hall–Kier alpha value is -1.30. The van der Waals surface area contributed by atoms with Gasteiger partial charge < -0.3 is 15.1 Å². The van der Waals surface area contributed by atoms with Crippen molar-refractivity contribution in [3.8, 4) is 0 Å². The molecule has 2 aliphatic heterocycles. The highest BCUT2D eigenvalue weighted by molar-refractivity contribution is 5.80. The molecule has 132 valence electrons. The predicted molar refractivity (Wildman–Crippen MR) is 94.6 cm³/mol. The summed E-state index contributed by atoms with van der Waals surface area (Å²) in [5, 5.41) is 3.43. The SMILES string of the molecule is CCNC(=NCCN1CCN(C(C)=O)CC1)N1CCC(C)CC1. The van der Waals surface area contributed by atoms with Gasteiger partial charge in [-0.05, 0) is 25.7 Å². The number of carbonyl (C=O) groups is 1. The first-order valence-electron chi connectivity index (χ1n) is 9.11. The minimum Gasteiger partial charge on any atom is -0.357 e. The number of likely N-dealkylation sites (tertiary alicyclic amines) is 1. The van der Waals surface area contributed by atoms with Crippen molar-refractivity contribution < 1.29 is 4.79 Å². The standard InChI is InChI=1S/C17H33N5O/c1-4-18-17(22-8-5-15(2)6-9-22)19-7-10-20-11-13-21(14-12-20)16(3)23/h15H,4-14H2,1-3H3,(H,18,19). The van der Waals surface area contributed by atoms with Gasteiger partial charge in [-0.2, -0.15) is 0 Å². The fraction of sp³-hybridized carbons (Fsp3) is 0.882. The maximum atomic E-state index is 11.4. The van der Waals surface area contributed by atoms with Crippen molar-refractivity contribution in [2.45, 2.75) is 33.6 Å². The molecule has 2 heterocycles. The third kappa shape index (κ3) is 5.68. The fourth-order valence-corrected chi connectivity index (χ4v) is 3.23. The molecule has 0 aliphatic carbocycles. The molecule has 2 rings (SSSR count). The van der Waals surface area contributed by atoms with Crippen LogP contribution >= 0.6 is 0 Å². The van der Waals surface area contributed by atoms with Crippen molar-refractivity contribution in [3.63, 3.8) is 0 Å². The van der Waals surface area contributed by atoms with Crippen LogP contribution in [0.4, 0.5) is 0 Å². The van der Waals surface area contributed by atoms with Crippen molar-refractivity contribution in [1.29, 1.82) is 0 Å². The number of nitrogens with one attached hydrogen (secondary N) is 1. The van der Waals surface area contributed by atoms with Crippen LogP contribution in [-0.4, -0.2) is 85.5 Å². The van der Waals surface area contributed by atoms with Gasteiger partial charge in [-0.25, -0.2) is 0 Å². The maximum Gasteiger partial charge on any atom is 0.219 e. The maximum absolute atomic E-state index is 11.4. The summed E-state index contributed by atoms with van der Waals surface area (Å²) in [6, 6.07) is 0. The summed E-state index contributed by atoms with van der Waals surface area (Å²) in [4.78, 5) is 22.9. The summed E-state index contributed by atoms with van der Waals surface area (Å²) in [6.45, 7) is 14.7. The summed E-state index contributed by atoms with van der Waals surface area (Å²) in [7, 11) is 0. The van der Waals surface area contributed by atoms with Gasteiger partial charge in [0, 0.05) is 59.3 Å². The zero-order chi connectivity index (χ0) is 16.7. The lowest BCUT2D eigenvalue weighted by atomic mass is 10.00. The molecule has 1 N–H and O–H groups in total. The molecule has 0 saturated carbocycles. The lowest BCUT2D eigenvalue weighted by molar-refractivity contribution is -0.130. The molecule has 2 aliphatic rings. The van der Waals surface area contributed by atoms with E-state index in [1.54, 1.807) is 6.92 Å². The second kappa shape index (κ2) is 9.11. The Morgan fingerprint density at radius 3 is 2.30 bits per heavy atom. The highest BCUT2D eigenvalue weighted by Crippen LogP contribution is 2.15. The number of guanidine groups is 1. The van der Waals surface area contributed by atoms with E-state index in [0.717, 1.165) is 70.8 Å². The van der Waals surface area contributed by atoms with Crippen LogP contribution in [0.25, 0.3) is 0 Å². The van der Waals surface area contributed by atoms with Crippen LogP contribution in [0.2, 0.25) is 0 Å². The van der Waals surface area contributed by atoms with Crippen LogP contribution in [0.15, 0.2) is 4.99 Å². The van der Waals surface area contributed by atoms with Crippen molar-refractivity contribution in [3.05, 3.63) is 0 Å². The third-order valence-corrected chi connectivity index (χ3v) is 4.91. The first-order chi connectivity index (χ1) is 11.1. The van der Waals surface area contributed by atoms with Crippen LogP contribution in [-0.2, 0) is 4.79 Å². The van der Waals surface area contributed by atoms with Crippen molar-refractivity contribution in [2.24, 2.45) is 10.9 Å². The Bertz CT molecular complexity index is 396. The quantitative estimate of drug-likeness (QED) is 0.615. The van der Waals surface area contributed by atoms with Gasteiger partial charge in [-0.15, -0.1) is 0 Å². The monoisotopic (exact) mass is 323 g/mol. The number of piperazine rings is 1. The van der Waals surface area contributed by atoms with E-state index in [1.165, 1.54) is 12.8 Å². The number of carbonyl (C=O) groups excluding carboxylic acids is 1. The van der Waals surface area contributed by atoms with Gasteiger partial charge in [-0.3, -0.25) is 14.7 Å². The second-order valence-electron chi connectivity index (χ2n) is 6.75. The zero-order valence-electron chi connectivity index (χ0n) is 15.1. The number of amides is 1. The van der Waals surface area contributed by atoms with Gasteiger partial charge in [0.05, 0.1) is 6.54 Å². The summed E-state index contributed by atoms with van der Waals surface area (Å²) in [5.74, 6) is 2.10. The molecule has 6 nitrogen and oxygen atoms in total. The topological polar surface area (TPSA) is 51.2 Å². The van der Waals surface area contributed by atoms with Crippen LogP contribution in [0, 0.1) is 5.92 Å². The van der Waals surface area contributed by atoms with Gasteiger partial charge in [-0.1, -0.05) is 6.92 Å². The first-order valence-corrected chi connectivity index (χ1v) is 9.11. The van der Waals surface area contributed by atoms with Crippen LogP contribution in [0.3, 0.4) is 0 Å². The summed E-state index contributed by atoms with van der Waals surface area (Å²) < 4.78 is 0. The molecular formula is C17H33N5O. The number of piperidine rings is 1. The lowest BCUT2D eigenvalue weighted by Gasteiger charge is -2.34. The van der Waals surface area contributed by atoms with Gasteiger partial charge >= 0.3 is 0 Å². The highest BCUT2D eigenvalue weighted by atomic mass is 16.2. The van der Waals surface area contributed by atoms with Crippen LogP contribution < -0.4 is 5.32 Å². The largest absolute Gasteiger partial charge is 0.357 e. The Labute approximate surface area is 140 Å². The van der Waals surface area contributed by atoms with Gasteiger partial charge in [0.15, 0.2) is 5.96 Å². The molecule has 23 heavy (non-hydrogen) atoms. The number of aliphatic imine (C=N–C) groups is 1. The van der Waals surface area contributed by atoms with E-state index in [-0.39, 0.29) is 5.91 Å². The average molecular weight is 323 g/mol. The molecule has 2 saturated heterocycles. The molecule has 0 spiro atoms. The molecule has 6 heteroatoms. The Morgan fingerprint density at radius 2 is 1.74 bits per heavy atom. The molecular weight excluding hydrogens is 290 g/mol. The fourth-order valence-electron chi connectivity index (χ4n) is 3.23. The number of hydrogen-bond acceptors (Lipinski definition) is 3. The van der Waals surface area contributed by atoms with E-state index >= 15 is 0 Å². The molecule has 0 aromatic heterocycles. The average Bonchev–Trinajstić information content (AvgIpc) is 2.55. The summed E-state index contributed by atoms with van der Waals surface area (Å²) in [6.07, 6.45) is 2.52. The minimum atomic E-state index is 0.191. The first kappa shape index (κ1) is 18.0. The second-order valence-corrected chi connectivity index (χ2v) is 6.75. The molecule has 0 atom stereocenters. The minimum absolute atomic E-state index is 0.191. The molecule has 0 radical (unpaired) electrons. The number of rotatable bonds is 4. The van der Waals surface area contributed by atoms with E-state index in [4.69, 9.17) is 4.99 Å². The van der Waals surface area contributed by atoms with E-state index in [2.05, 4.69) is 29.0 Å². The van der Waals surface area contributed by atoms with E-state index in [9.17, 15) is 4.79 Å². The summed E-state index contributed by atoms with van der Waals surface area (Å²) >= 11 is 0. The van der Waals surface area contributed by atoms with Crippen molar-refractivity contribution in [2.75, 3.05) is 58.9 Å². The molecule has 2 fully saturated rings. The third-order valence-electron chi connectivity index (χ3n) is 4.91. The normalized spacial score (nSPS) is 21.6. The molecule has 1 amide bonds. The van der Waals surface area contributed by atoms with Crippen molar-refractivity contribution >= 4 is 11.9 Å². The van der Waals surface area contributed by atoms with Gasteiger partial charge in [0.1, 0.15) is 0 Å². The molecule has 0 unspecified atom stereocenters. The van der Waals surface area contributed by atoms with E-state index < -0.39 is 0 Å². The lowest BCUT2D eigenvalue weighted by Crippen LogP contribution is -2.49. The zero-order valence-corrected chi connectivity index (χ0v) is 15.1. The predicted octanol–water partition coefficient (Wildman–Crippen LogP) is 0.848. The Kier molecular flexibility index (Phi) is 7.15. The van der Waals surface area contributed by atoms with E-state index in [1.807, 2.05) is 4.90 Å². The Morgan fingerprint density at radius 1 is 1.09 bits per heavy atom. The van der Waals surface area contributed by atoms with Crippen LogP contribution in [0.5, 0.6) is 0 Å². The number of nitrogens with zero attached hydrogens (tertiary/aromatic N) is 4. The highest BCUT2D eigenvalue weighted by Gasteiger charge is 2.20. The van der Waals surface area contributed by atoms with Crippen molar-refractivity contribution in [1.82, 2.24) is 20.0 Å². The van der Waals surface area contributed by atoms with Gasteiger partial charge in [0.2, 0.25) is 5.91 Å². The molecule has 0 aromatic carbocycles. The summed E-state index contributed by atoms with van der Waals surface area (Å²) in [5.41, 5.74) is 0. The van der Waals surface area contributed by atoms with E-state index in [0.29, 0.717) is 0 Å². The molecule has 0 bridgehead atoms. The number of hydrogen-bond donors (Lipinski definition) is 1. The smallest absolute Gasteiger partial charge is 0.219 e. The van der Waals surface area contributed by atoms with Crippen LogP contribution in [0.1, 0.15) is 33.6 Å². The molecule has 0 aromatic rings. The Balaban J connectivity index is 1.76.